The number of hydrogen-bond acceptors (Lipinski definition) is 5. The van der Waals surface area contributed by atoms with E-state index in [1.165, 1.54) is 0 Å². The molecule has 2 atom stereocenters. The maximum Gasteiger partial charge on any atom is 0.338 e. The van der Waals surface area contributed by atoms with Crippen LogP contribution in [0.4, 0.5) is 0 Å². The molecule has 120 valence electrons. The fraction of sp³-hybridized carbons (Fsp3) is 0.353. The van der Waals surface area contributed by atoms with Gasteiger partial charge in [-0.05, 0) is 25.0 Å². The predicted octanol–water partition coefficient (Wildman–Crippen LogP) is 2.02. The van der Waals surface area contributed by atoms with Gasteiger partial charge in [-0.15, -0.1) is 0 Å². The molecule has 6 nitrogen and oxygen atoms in total. The molecule has 0 bridgehead atoms. The summed E-state index contributed by atoms with van der Waals surface area (Å²) in [5.74, 6) is -0.653. The lowest BCUT2D eigenvalue weighted by atomic mass is 9.87. The number of pyridine rings is 1. The van der Waals surface area contributed by atoms with Crippen molar-refractivity contribution >= 4 is 22.7 Å². The van der Waals surface area contributed by atoms with Crippen LogP contribution in [0.15, 0.2) is 35.3 Å². The molecule has 6 heteroatoms. The number of carbonyl (C=O) groups is 1. The molecule has 0 spiro atoms. The molecular formula is C17H19N3O3. The summed E-state index contributed by atoms with van der Waals surface area (Å²) in [5.41, 5.74) is 0.345. The van der Waals surface area contributed by atoms with Crippen LogP contribution in [0, 0.1) is 5.92 Å². The normalized spacial score (nSPS) is 23.9. The Hall–Kier alpha value is -2.47. The number of amidine groups is 1. The Labute approximate surface area is 133 Å². The predicted molar refractivity (Wildman–Crippen MR) is 87.6 cm³/mol. The number of aromatic nitrogens is 1. The van der Waals surface area contributed by atoms with Crippen molar-refractivity contribution in [2.24, 2.45) is 10.9 Å². The molecule has 3 N–H and O–H groups in total. The number of carboxylic acids is 1. The van der Waals surface area contributed by atoms with Gasteiger partial charge in [0.2, 0.25) is 0 Å². The summed E-state index contributed by atoms with van der Waals surface area (Å²) >= 11 is 0. The van der Waals surface area contributed by atoms with Crippen LogP contribution in [0.2, 0.25) is 0 Å². The van der Waals surface area contributed by atoms with Crippen LogP contribution in [0.5, 0.6) is 0 Å². The number of benzene rings is 1. The summed E-state index contributed by atoms with van der Waals surface area (Å²) in [6.07, 6.45) is -0.951. The highest BCUT2D eigenvalue weighted by Crippen LogP contribution is 2.28. The van der Waals surface area contributed by atoms with Gasteiger partial charge in [0, 0.05) is 5.39 Å². The molecular weight excluding hydrogens is 294 g/mol. The first kappa shape index (κ1) is 15.4. The van der Waals surface area contributed by atoms with Crippen LogP contribution in [-0.4, -0.2) is 38.8 Å². The van der Waals surface area contributed by atoms with E-state index >= 15 is 0 Å². The minimum Gasteiger partial charge on any atom is -0.478 e. The Morgan fingerprint density at radius 3 is 2.65 bits per heavy atom. The highest BCUT2D eigenvalue weighted by atomic mass is 16.4. The number of para-hydroxylation sites is 1. The Bertz CT molecular complexity index is 816. The van der Waals surface area contributed by atoms with Gasteiger partial charge in [0.25, 0.3) is 0 Å². The molecule has 0 fully saturated rings. The third kappa shape index (κ3) is 2.45. The van der Waals surface area contributed by atoms with Gasteiger partial charge >= 0.3 is 5.97 Å². The zero-order valence-electron chi connectivity index (χ0n) is 13.2. The largest absolute Gasteiger partial charge is 0.478 e. The first-order chi connectivity index (χ1) is 10.8. The van der Waals surface area contributed by atoms with E-state index in [4.69, 9.17) is 0 Å². The highest BCUT2D eigenvalue weighted by molar-refractivity contribution is 6.09. The second-order valence-corrected chi connectivity index (χ2v) is 6.30. The number of rotatable bonds is 3. The quantitative estimate of drug-likeness (QED) is 0.806. The number of carboxylic acid groups (broad SMARTS) is 1. The van der Waals surface area contributed by atoms with E-state index in [0.717, 1.165) is 5.39 Å². The van der Waals surface area contributed by atoms with Crippen LogP contribution in [0.25, 0.3) is 10.9 Å². The van der Waals surface area contributed by atoms with Crippen LogP contribution >= 0.6 is 0 Å². The number of fused-ring (bicyclic) bond motifs is 1. The molecule has 23 heavy (non-hydrogen) atoms. The second-order valence-electron chi connectivity index (χ2n) is 6.30. The van der Waals surface area contributed by atoms with E-state index in [0.29, 0.717) is 11.4 Å². The fourth-order valence-corrected chi connectivity index (χ4v) is 2.63. The van der Waals surface area contributed by atoms with E-state index in [-0.39, 0.29) is 17.2 Å². The molecule has 0 amide bonds. The van der Waals surface area contributed by atoms with Crippen molar-refractivity contribution in [2.45, 2.75) is 32.5 Å². The lowest BCUT2D eigenvalue weighted by molar-refractivity contribution is 0.0696. The number of nitrogens with zero attached hydrogens (tertiary/aromatic N) is 2. The second kappa shape index (κ2) is 5.31. The van der Waals surface area contributed by atoms with Gasteiger partial charge in [0.15, 0.2) is 12.1 Å². The third-order valence-corrected chi connectivity index (χ3v) is 4.55. The molecule has 0 aliphatic carbocycles. The fourth-order valence-electron chi connectivity index (χ4n) is 2.63. The Morgan fingerprint density at radius 1 is 1.35 bits per heavy atom. The van der Waals surface area contributed by atoms with Gasteiger partial charge < -0.3 is 15.5 Å². The summed E-state index contributed by atoms with van der Waals surface area (Å²) < 4.78 is 0. The van der Waals surface area contributed by atoms with Crippen molar-refractivity contribution in [2.75, 3.05) is 0 Å². The first-order valence-electron chi connectivity index (χ1n) is 7.50. The molecule has 1 aliphatic heterocycles. The maximum absolute atomic E-state index is 11.6. The van der Waals surface area contributed by atoms with Gasteiger partial charge in [-0.3, -0.25) is 0 Å². The number of nitrogens with one attached hydrogen (secondary N) is 1. The van der Waals surface area contributed by atoms with Crippen LogP contribution < -0.4 is 5.32 Å². The number of hydrogen-bond donors (Lipinski definition) is 3. The van der Waals surface area contributed by atoms with E-state index in [1.807, 2.05) is 45.0 Å². The van der Waals surface area contributed by atoms with Crippen molar-refractivity contribution in [1.82, 2.24) is 10.3 Å². The summed E-state index contributed by atoms with van der Waals surface area (Å²) in [6, 6.07) is 8.89. The Morgan fingerprint density at radius 2 is 2.04 bits per heavy atom. The molecule has 3 rings (SSSR count). The summed E-state index contributed by atoms with van der Waals surface area (Å²) in [4.78, 5) is 20.3. The molecule has 2 aromatic rings. The van der Waals surface area contributed by atoms with Gasteiger partial charge in [-0.1, -0.05) is 32.0 Å². The van der Waals surface area contributed by atoms with Crippen LogP contribution in [0.3, 0.4) is 0 Å². The van der Waals surface area contributed by atoms with Crippen molar-refractivity contribution in [3.63, 3.8) is 0 Å². The van der Waals surface area contributed by atoms with E-state index in [9.17, 15) is 15.0 Å². The topological polar surface area (TPSA) is 94.8 Å². The summed E-state index contributed by atoms with van der Waals surface area (Å²) in [7, 11) is 0. The SMILES string of the molecule is CC(C)C1(C)NC(c2nc3ccccc3cc2C(=O)O)=NC1O. The molecule has 1 aromatic carbocycles. The number of aliphatic imine (C=N–C) groups is 1. The standard InChI is InChI=1S/C17H19N3O3/c1-9(2)17(3)16(23)19-14(20-17)13-11(15(21)22)8-10-6-4-5-7-12(10)18-13/h4-9,16,23H,1-3H3,(H,19,20)(H,21,22). The van der Waals surface area contributed by atoms with Crippen molar-refractivity contribution < 1.29 is 15.0 Å². The smallest absolute Gasteiger partial charge is 0.338 e. The van der Waals surface area contributed by atoms with Crippen molar-refractivity contribution in [1.29, 1.82) is 0 Å². The zero-order valence-corrected chi connectivity index (χ0v) is 13.2. The molecule has 0 radical (unpaired) electrons. The van der Waals surface area contributed by atoms with E-state index in [1.54, 1.807) is 6.07 Å². The summed E-state index contributed by atoms with van der Waals surface area (Å²) in [5, 5.41) is 23.7. The first-order valence-corrected chi connectivity index (χ1v) is 7.50. The van der Waals surface area contributed by atoms with Gasteiger partial charge in [-0.2, -0.15) is 0 Å². The Kier molecular flexibility index (Phi) is 3.56. The number of aromatic carboxylic acids is 1. The summed E-state index contributed by atoms with van der Waals surface area (Å²) in [6.45, 7) is 5.81. The van der Waals surface area contributed by atoms with Crippen molar-refractivity contribution in [3.8, 4) is 0 Å². The molecule has 0 saturated heterocycles. The molecule has 1 aromatic heterocycles. The minimum atomic E-state index is -1.07. The zero-order chi connectivity index (χ0) is 16.8. The monoisotopic (exact) mass is 313 g/mol. The Balaban J connectivity index is 2.15. The highest BCUT2D eigenvalue weighted by Gasteiger charge is 2.43. The van der Waals surface area contributed by atoms with Crippen molar-refractivity contribution in [3.05, 3.63) is 41.6 Å². The maximum atomic E-state index is 11.6. The van der Waals surface area contributed by atoms with E-state index in [2.05, 4.69) is 15.3 Å². The average Bonchev–Trinajstić information content (AvgIpc) is 2.82. The molecule has 0 saturated carbocycles. The lowest BCUT2D eigenvalue weighted by Crippen LogP contribution is -2.52. The van der Waals surface area contributed by atoms with Gasteiger partial charge in [0.1, 0.15) is 5.69 Å². The third-order valence-electron chi connectivity index (χ3n) is 4.55. The number of aliphatic hydroxyl groups is 1. The molecule has 2 unspecified atom stereocenters. The lowest BCUT2D eigenvalue weighted by Gasteiger charge is -2.32. The molecule has 2 heterocycles. The minimum absolute atomic E-state index is 0.0650. The van der Waals surface area contributed by atoms with Gasteiger partial charge in [0.05, 0.1) is 16.6 Å². The average molecular weight is 313 g/mol. The van der Waals surface area contributed by atoms with Gasteiger partial charge in [-0.25, -0.2) is 14.8 Å². The molecule has 1 aliphatic rings. The van der Waals surface area contributed by atoms with Crippen LogP contribution in [-0.2, 0) is 0 Å². The van der Waals surface area contributed by atoms with Crippen LogP contribution in [0.1, 0.15) is 36.8 Å². The van der Waals surface area contributed by atoms with E-state index < -0.39 is 17.7 Å². The number of aliphatic hydroxyl groups excluding tert-OH is 1.